The summed E-state index contributed by atoms with van der Waals surface area (Å²) in [5, 5.41) is 7.56. The minimum atomic E-state index is -0.516. The second kappa shape index (κ2) is 4.15. The maximum absolute atomic E-state index is 11.3. The van der Waals surface area contributed by atoms with Gasteiger partial charge in [0.05, 0.1) is 5.69 Å². The van der Waals surface area contributed by atoms with Crippen molar-refractivity contribution in [2.45, 2.75) is 39.0 Å². The first kappa shape index (κ1) is 11.0. The van der Waals surface area contributed by atoms with Gasteiger partial charge in [-0.15, -0.1) is 0 Å². The molecule has 0 atom stereocenters. The number of fused-ring (bicyclic) bond motifs is 1. The third kappa shape index (κ3) is 1.77. The topological polar surface area (TPSA) is 72.9 Å². The number of anilines is 1. The van der Waals surface area contributed by atoms with Crippen molar-refractivity contribution >= 4 is 11.8 Å². The fraction of sp³-hybridized carbons (Fsp3) is 0.636. The first-order valence-electron chi connectivity index (χ1n) is 5.76. The fourth-order valence-corrected chi connectivity index (χ4v) is 2.15. The highest BCUT2D eigenvalue weighted by molar-refractivity contribution is 5.79. The van der Waals surface area contributed by atoms with E-state index in [9.17, 15) is 4.79 Å². The van der Waals surface area contributed by atoms with Gasteiger partial charge < -0.3 is 11.1 Å². The molecule has 0 spiro atoms. The van der Waals surface area contributed by atoms with Crippen molar-refractivity contribution in [3.8, 4) is 0 Å². The minimum Gasteiger partial charge on any atom is -0.370 e. The normalized spacial score (nSPS) is 15.4. The lowest BCUT2D eigenvalue weighted by molar-refractivity contribution is 0.248. The Morgan fingerprint density at radius 3 is 2.88 bits per heavy atom. The number of nitrogens with one attached hydrogen (secondary N) is 1. The third-order valence-electron chi connectivity index (χ3n) is 2.92. The molecule has 0 saturated heterocycles. The summed E-state index contributed by atoms with van der Waals surface area (Å²) in [6.45, 7) is 5.04. The van der Waals surface area contributed by atoms with Crippen LogP contribution >= 0.6 is 0 Å². The van der Waals surface area contributed by atoms with Gasteiger partial charge in [-0.05, 0) is 25.2 Å². The number of hydrogen-bond acceptors (Lipinski definition) is 3. The highest BCUT2D eigenvalue weighted by atomic mass is 16.2. The van der Waals surface area contributed by atoms with Crippen LogP contribution in [0.25, 0.3) is 0 Å². The average molecular weight is 222 g/mol. The van der Waals surface area contributed by atoms with Crippen LogP contribution in [0.4, 0.5) is 10.6 Å². The van der Waals surface area contributed by atoms with Crippen molar-refractivity contribution < 1.29 is 4.79 Å². The van der Waals surface area contributed by atoms with E-state index >= 15 is 0 Å². The zero-order valence-electron chi connectivity index (χ0n) is 9.79. The number of primary amides is 1. The second-order valence-corrected chi connectivity index (χ2v) is 4.50. The molecular formula is C11H18N4O. The van der Waals surface area contributed by atoms with Crippen molar-refractivity contribution in [1.82, 2.24) is 9.78 Å². The van der Waals surface area contributed by atoms with E-state index in [1.807, 2.05) is 0 Å². The van der Waals surface area contributed by atoms with Gasteiger partial charge >= 0.3 is 6.03 Å². The molecule has 3 N–H and O–H groups in total. The number of amides is 1. The molecule has 1 aromatic heterocycles. The van der Waals surface area contributed by atoms with E-state index in [0.29, 0.717) is 5.92 Å². The van der Waals surface area contributed by atoms with Gasteiger partial charge in [-0.25, -0.2) is 4.79 Å². The molecule has 2 heterocycles. The molecule has 0 aromatic carbocycles. The van der Waals surface area contributed by atoms with Crippen molar-refractivity contribution in [1.29, 1.82) is 0 Å². The Bertz CT molecular complexity index is 408. The van der Waals surface area contributed by atoms with Crippen LogP contribution in [-0.2, 0) is 6.42 Å². The predicted octanol–water partition coefficient (Wildman–Crippen LogP) is 1.68. The molecule has 0 saturated carbocycles. The van der Waals surface area contributed by atoms with E-state index in [1.54, 1.807) is 0 Å². The SMILES string of the molecule is CC(C)c1nn(C(N)=O)c2c1CCCCN2. The fourth-order valence-electron chi connectivity index (χ4n) is 2.15. The van der Waals surface area contributed by atoms with Gasteiger partial charge in [0, 0.05) is 12.1 Å². The molecule has 0 radical (unpaired) electrons. The second-order valence-electron chi connectivity index (χ2n) is 4.50. The van der Waals surface area contributed by atoms with E-state index in [-0.39, 0.29) is 0 Å². The third-order valence-corrected chi connectivity index (χ3v) is 2.92. The number of hydrogen-bond donors (Lipinski definition) is 2. The Morgan fingerprint density at radius 1 is 1.50 bits per heavy atom. The summed E-state index contributed by atoms with van der Waals surface area (Å²) in [5.41, 5.74) is 7.47. The van der Waals surface area contributed by atoms with Crippen LogP contribution in [0.1, 0.15) is 43.9 Å². The summed E-state index contributed by atoms with van der Waals surface area (Å²) in [7, 11) is 0. The Balaban J connectivity index is 2.53. The summed E-state index contributed by atoms with van der Waals surface area (Å²) in [5.74, 6) is 1.11. The van der Waals surface area contributed by atoms with Gasteiger partial charge in [0.15, 0.2) is 0 Å². The molecule has 16 heavy (non-hydrogen) atoms. The van der Waals surface area contributed by atoms with Gasteiger partial charge in [-0.1, -0.05) is 13.8 Å². The Kier molecular flexibility index (Phi) is 2.85. The molecule has 5 nitrogen and oxygen atoms in total. The van der Waals surface area contributed by atoms with Crippen LogP contribution in [0.5, 0.6) is 0 Å². The smallest absolute Gasteiger partial charge is 0.341 e. The molecule has 0 aliphatic carbocycles. The maximum Gasteiger partial charge on any atom is 0.341 e. The lowest BCUT2D eigenvalue weighted by Gasteiger charge is -2.05. The number of carbonyl (C=O) groups excluding carboxylic acids is 1. The van der Waals surface area contributed by atoms with E-state index in [1.165, 1.54) is 4.68 Å². The van der Waals surface area contributed by atoms with Crippen molar-refractivity contribution in [2.75, 3.05) is 11.9 Å². The number of aromatic nitrogens is 2. The summed E-state index contributed by atoms with van der Waals surface area (Å²) < 4.78 is 1.30. The quantitative estimate of drug-likeness (QED) is 0.759. The van der Waals surface area contributed by atoms with Crippen LogP contribution in [0.3, 0.4) is 0 Å². The number of nitrogens with zero attached hydrogens (tertiary/aromatic N) is 2. The zero-order valence-corrected chi connectivity index (χ0v) is 9.79. The molecule has 0 unspecified atom stereocenters. The molecule has 1 aromatic rings. The molecule has 1 aliphatic heterocycles. The van der Waals surface area contributed by atoms with Crippen LogP contribution in [0, 0.1) is 0 Å². The molecule has 88 valence electrons. The molecule has 0 bridgehead atoms. The summed E-state index contributed by atoms with van der Waals surface area (Å²) in [6.07, 6.45) is 3.22. The van der Waals surface area contributed by atoms with E-state index in [0.717, 1.165) is 42.9 Å². The predicted molar refractivity (Wildman–Crippen MR) is 62.7 cm³/mol. The number of rotatable bonds is 1. The van der Waals surface area contributed by atoms with Crippen LogP contribution < -0.4 is 11.1 Å². The van der Waals surface area contributed by atoms with Gasteiger partial charge in [0.2, 0.25) is 0 Å². The molecule has 5 heteroatoms. The summed E-state index contributed by atoms with van der Waals surface area (Å²) in [6, 6.07) is -0.516. The van der Waals surface area contributed by atoms with Gasteiger partial charge in [-0.2, -0.15) is 9.78 Å². The van der Waals surface area contributed by atoms with Gasteiger partial charge in [-0.3, -0.25) is 0 Å². The van der Waals surface area contributed by atoms with Gasteiger partial charge in [0.1, 0.15) is 5.82 Å². The number of nitrogens with two attached hydrogens (primary N) is 1. The maximum atomic E-state index is 11.3. The first-order chi connectivity index (χ1) is 7.61. The molecule has 0 fully saturated rings. The van der Waals surface area contributed by atoms with Crippen molar-refractivity contribution in [2.24, 2.45) is 5.73 Å². The van der Waals surface area contributed by atoms with E-state index in [2.05, 4.69) is 24.3 Å². The Morgan fingerprint density at radius 2 is 2.25 bits per heavy atom. The van der Waals surface area contributed by atoms with Crippen LogP contribution in [0.2, 0.25) is 0 Å². The summed E-state index contributed by atoms with van der Waals surface area (Å²) >= 11 is 0. The van der Waals surface area contributed by atoms with Crippen molar-refractivity contribution in [3.05, 3.63) is 11.3 Å². The lowest BCUT2D eigenvalue weighted by Crippen LogP contribution is -2.23. The van der Waals surface area contributed by atoms with E-state index in [4.69, 9.17) is 5.73 Å². The Labute approximate surface area is 95.0 Å². The van der Waals surface area contributed by atoms with Crippen LogP contribution in [-0.4, -0.2) is 22.4 Å². The van der Waals surface area contributed by atoms with Gasteiger partial charge in [0.25, 0.3) is 0 Å². The molecule has 1 amide bonds. The highest BCUT2D eigenvalue weighted by Gasteiger charge is 2.23. The average Bonchev–Trinajstić information content (AvgIpc) is 2.41. The van der Waals surface area contributed by atoms with Crippen LogP contribution in [0.15, 0.2) is 0 Å². The minimum absolute atomic E-state index is 0.314. The largest absolute Gasteiger partial charge is 0.370 e. The molecule has 1 aliphatic rings. The van der Waals surface area contributed by atoms with Crippen molar-refractivity contribution in [3.63, 3.8) is 0 Å². The Hall–Kier alpha value is -1.52. The summed E-state index contributed by atoms with van der Waals surface area (Å²) in [4.78, 5) is 11.3. The highest BCUT2D eigenvalue weighted by Crippen LogP contribution is 2.29. The zero-order chi connectivity index (χ0) is 11.7. The standard InChI is InChI=1S/C11H18N4O/c1-7(2)9-8-5-3-4-6-13-10(8)15(14-9)11(12)16/h7,13H,3-6H2,1-2H3,(H2,12,16). The monoisotopic (exact) mass is 222 g/mol. The molecular weight excluding hydrogens is 204 g/mol. The molecule has 2 rings (SSSR count). The van der Waals surface area contributed by atoms with E-state index < -0.39 is 6.03 Å². The lowest BCUT2D eigenvalue weighted by atomic mass is 10.0. The number of carbonyl (C=O) groups is 1. The first-order valence-corrected chi connectivity index (χ1v) is 5.76.